The van der Waals surface area contributed by atoms with Gasteiger partial charge in [0.1, 0.15) is 11.6 Å². The van der Waals surface area contributed by atoms with Crippen LogP contribution in [0.4, 0.5) is 10.3 Å². The molecule has 0 aliphatic carbocycles. The molecule has 0 saturated carbocycles. The molecule has 188 valence electrons. The standard InChI is InChI=1S/C26H27FN4O4S/c1-4-34-25(33)22-16(2)28-26-31(23(22)17-5-7-18(27)8-6-17)24(32)20(36-26)15-19-9-10-21(35-19)30-13-11-29(3)12-14-30/h5-10,15,23H,4,11-14H2,1-3H3/b20-15-. The molecular weight excluding hydrogens is 483 g/mol. The number of fused-ring (bicyclic) bond motifs is 1. The summed E-state index contributed by atoms with van der Waals surface area (Å²) in [6, 6.07) is 8.75. The van der Waals surface area contributed by atoms with Gasteiger partial charge in [-0.15, -0.1) is 0 Å². The third-order valence-electron chi connectivity index (χ3n) is 6.40. The monoisotopic (exact) mass is 510 g/mol. The molecule has 1 atom stereocenters. The topological polar surface area (TPSA) is 80.3 Å². The summed E-state index contributed by atoms with van der Waals surface area (Å²) in [4.78, 5) is 36.0. The molecule has 2 aromatic heterocycles. The molecule has 3 aromatic rings. The molecule has 2 aliphatic heterocycles. The van der Waals surface area contributed by atoms with Crippen molar-refractivity contribution in [2.24, 2.45) is 4.99 Å². The fourth-order valence-electron chi connectivity index (χ4n) is 4.50. The van der Waals surface area contributed by atoms with Crippen molar-refractivity contribution >= 4 is 29.3 Å². The highest BCUT2D eigenvalue weighted by molar-refractivity contribution is 7.07. The third-order valence-corrected chi connectivity index (χ3v) is 7.39. The lowest BCUT2D eigenvalue weighted by molar-refractivity contribution is -0.139. The van der Waals surface area contributed by atoms with Crippen LogP contribution in [0.5, 0.6) is 0 Å². The van der Waals surface area contributed by atoms with Crippen LogP contribution in [-0.4, -0.2) is 55.3 Å². The van der Waals surface area contributed by atoms with Gasteiger partial charge in [-0.1, -0.05) is 23.5 Å². The highest BCUT2D eigenvalue weighted by atomic mass is 32.1. The van der Waals surface area contributed by atoms with Crippen molar-refractivity contribution in [1.82, 2.24) is 9.47 Å². The van der Waals surface area contributed by atoms with E-state index < -0.39 is 17.8 Å². The Balaban J connectivity index is 1.58. The number of ether oxygens (including phenoxy) is 1. The van der Waals surface area contributed by atoms with E-state index in [4.69, 9.17) is 9.15 Å². The SMILES string of the molecule is CCOC(=O)C1=C(C)N=c2s/c(=C\c3ccc(N4CCN(C)CC4)o3)c(=O)n2C1c1ccc(F)cc1. The van der Waals surface area contributed by atoms with Crippen molar-refractivity contribution in [2.75, 3.05) is 44.7 Å². The van der Waals surface area contributed by atoms with Gasteiger partial charge in [-0.05, 0) is 44.7 Å². The van der Waals surface area contributed by atoms with Gasteiger partial charge in [0, 0.05) is 38.3 Å². The quantitative estimate of drug-likeness (QED) is 0.490. The Hall–Kier alpha value is -3.50. The van der Waals surface area contributed by atoms with E-state index in [2.05, 4.69) is 21.8 Å². The number of aromatic nitrogens is 1. The van der Waals surface area contributed by atoms with Crippen LogP contribution in [0.1, 0.15) is 31.2 Å². The van der Waals surface area contributed by atoms with E-state index in [0.717, 1.165) is 32.1 Å². The largest absolute Gasteiger partial charge is 0.463 e. The maximum absolute atomic E-state index is 13.7. The Kier molecular flexibility index (Phi) is 6.63. The normalized spacial score (nSPS) is 18.8. The zero-order chi connectivity index (χ0) is 25.4. The number of thiazole rings is 1. The van der Waals surface area contributed by atoms with Gasteiger partial charge in [0.15, 0.2) is 10.7 Å². The molecule has 0 radical (unpaired) electrons. The Labute approximate surface area is 211 Å². The van der Waals surface area contributed by atoms with Crippen LogP contribution in [0.15, 0.2) is 61.9 Å². The van der Waals surface area contributed by atoms with Gasteiger partial charge in [-0.2, -0.15) is 0 Å². The van der Waals surface area contributed by atoms with Gasteiger partial charge in [-0.3, -0.25) is 9.36 Å². The van der Waals surface area contributed by atoms with Gasteiger partial charge in [-0.25, -0.2) is 14.2 Å². The summed E-state index contributed by atoms with van der Waals surface area (Å²) in [5.74, 6) is 0.379. The van der Waals surface area contributed by atoms with Crippen LogP contribution >= 0.6 is 11.3 Å². The summed E-state index contributed by atoms with van der Waals surface area (Å²) in [5, 5.41) is 0. The predicted octanol–water partition coefficient (Wildman–Crippen LogP) is 2.28. The van der Waals surface area contributed by atoms with Crippen molar-refractivity contribution < 1.29 is 18.3 Å². The summed E-state index contributed by atoms with van der Waals surface area (Å²) in [7, 11) is 2.10. The smallest absolute Gasteiger partial charge is 0.338 e. The maximum Gasteiger partial charge on any atom is 0.338 e. The van der Waals surface area contributed by atoms with E-state index in [-0.39, 0.29) is 17.7 Å². The third kappa shape index (κ3) is 4.54. The number of rotatable bonds is 5. The highest BCUT2D eigenvalue weighted by Crippen LogP contribution is 2.30. The fourth-order valence-corrected chi connectivity index (χ4v) is 5.52. The lowest BCUT2D eigenvalue weighted by atomic mass is 9.96. The molecule has 0 bridgehead atoms. The number of allylic oxidation sites excluding steroid dienone is 1. The molecule has 10 heteroatoms. The van der Waals surface area contributed by atoms with Crippen LogP contribution < -0.4 is 19.8 Å². The number of furan rings is 1. The molecule has 36 heavy (non-hydrogen) atoms. The number of halogens is 1. The Bertz CT molecular complexity index is 1490. The highest BCUT2D eigenvalue weighted by Gasteiger charge is 2.33. The summed E-state index contributed by atoms with van der Waals surface area (Å²) < 4.78 is 26.9. The lowest BCUT2D eigenvalue weighted by Crippen LogP contribution is -2.44. The minimum Gasteiger partial charge on any atom is -0.463 e. The van der Waals surface area contributed by atoms with Gasteiger partial charge in [0.25, 0.3) is 5.56 Å². The van der Waals surface area contributed by atoms with Crippen LogP contribution in [-0.2, 0) is 9.53 Å². The maximum atomic E-state index is 13.7. The molecule has 1 fully saturated rings. The molecule has 2 aliphatic rings. The molecule has 4 heterocycles. The second kappa shape index (κ2) is 9.87. The van der Waals surface area contributed by atoms with Crippen LogP contribution in [0.25, 0.3) is 6.08 Å². The van der Waals surface area contributed by atoms with Crippen LogP contribution in [0.3, 0.4) is 0 Å². The fraction of sp³-hybridized carbons (Fsp3) is 0.346. The van der Waals surface area contributed by atoms with Crippen LogP contribution in [0.2, 0.25) is 0 Å². The zero-order valence-corrected chi connectivity index (χ0v) is 21.2. The number of hydrogen-bond acceptors (Lipinski definition) is 8. The number of hydrogen-bond donors (Lipinski definition) is 0. The minimum absolute atomic E-state index is 0.185. The zero-order valence-electron chi connectivity index (χ0n) is 20.4. The molecule has 1 unspecified atom stereocenters. The van der Waals surface area contributed by atoms with Crippen molar-refractivity contribution in [3.8, 4) is 0 Å². The van der Waals surface area contributed by atoms with Gasteiger partial charge in [0.05, 0.1) is 28.5 Å². The molecule has 8 nitrogen and oxygen atoms in total. The van der Waals surface area contributed by atoms with E-state index in [1.165, 1.54) is 28.0 Å². The molecule has 0 amide bonds. The van der Waals surface area contributed by atoms with Crippen LogP contribution in [0, 0.1) is 5.82 Å². The summed E-state index contributed by atoms with van der Waals surface area (Å²) in [6.45, 7) is 7.29. The number of likely N-dealkylation sites (N-methyl/N-ethyl adjacent to an activating group) is 1. The van der Waals surface area contributed by atoms with Gasteiger partial charge in [0.2, 0.25) is 0 Å². The Morgan fingerprint density at radius 1 is 1.19 bits per heavy atom. The summed E-state index contributed by atoms with van der Waals surface area (Å²) in [6.07, 6.45) is 1.70. The van der Waals surface area contributed by atoms with Crippen molar-refractivity contribution in [1.29, 1.82) is 0 Å². The number of carbonyl (C=O) groups is 1. The summed E-state index contributed by atoms with van der Waals surface area (Å²) >= 11 is 1.22. The van der Waals surface area contributed by atoms with Crippen molar-refractivity contribution in [3.05, 3.63) is 84.5 Å². The number of anilines is 1. The molecule has 0 spiro atoms. The average molecular weight is 511 g/mol. The average Bonchev–Trinajstić information content (AvgIpc) is 3.44. The first-order valence-corrected chi connectivity index (χ1v) is 12.7. The first-order chi connectivity index (χ1) is 17.4. The molecular formula is C26H27FN4O4S. The number of benzene rings is 1. The predicted molar refractivity (Wildman–Crippen MR) is 135 cm³/mol. The Morgan fingerprint density at radius 3 is 2.61 bits per heavy atom. The lowest BCUT2D eigenvalue weighted by Gasteiger charge is -2.32. The molecule has 0 N–H and O–H groups in total. The number of esters is 1. The van der Waals surface area contributed by atoms with E-state index in [1.807, 2.05) is 12.1 Å². The molecule has 1 saturated heterocycles. The first kappa shape index (κ1) is 24.2. The van der Waals surface area contributed by atoms with E-state index in [1.54, 1.807) is 32.1 Å². The molecule has 5 rings (SSSR count). The van der Waals surface area contributed by atoms with Crippen molar-refractivity contribution in [2.45, 2.75) is 19.9 Å². The minimum atomic E-state index is -0.777. The van der Waals surface area contributed by atoms with E-state index in [0.29, 0.717) is 26.4 Å². The van der Waals surface area contributed by atoms with Gasteiger partial charge >= 0.3 is 5.97 Å². The molecule has 1 aromatic carbocycles. The van der Waals surface area contributed by atoms with Gasteiger partial charge < -0.3 is 19.0 Å². The number of piperazine rings is 1. The second-order valence-electron chi connectivity index (χ2n) is 8.82. The number of nitrogens with zero attached hydrogens (tertiary/aromatic N) is 4. The van der Waals surface area contributed by atoms with Crippen molar-refractivity contribution in [3.63, 3.8) is 0 Å². The summed E-state index contributed by atoms with van der Waals surface area (Å²) in [5.41, 5.74) is 1.01. The second-order valence-corrected chi connectivity index (χ2v) is 9.83. The van der Waals surface area contributed by atoms with E-state index in [9.17, 15) is 14.0 Å². The Morgan fingerprint density at radius 2 is 1.92 bits per heavy atom. The first-order valence-electron chi connectivity index (χ1n) is 11.8. The number of carbonyl (C=O) groups excluding carboxylic acids is 1. The van der Waals surface area contributed by atoms with E-state index >= 15 is 0 Å².